The number of carbonyl (C=O) groups excluding carboxylic acids is 2. The average molecular weight is 901 g/mol. The molecule has 0 saturated carbocycles. The molecule has 12 nitrogen and oxygen atoms in total. The highest BCUT2D eigenvalue weighted by molar-refractivity contribution is 7.85. The van der Waals surface area contributed by atoms with Crippen molar-refractivity contribution in [1.29, 1.82) is 0 Å². The Morgan fingerprint density at radius 2 is 0.968 bits per heavy atom. The van der Waals surface area contributed by atoms with Crippen LogP contribution in [0.25, 0.3) is 0 Å². The Morgan fingerprint density at radius 1 is 0.548 bits per heavy atom. The summed E-state index contributed by atoms with van der Waals surface area (Å²) in [5.41, 5.74) is 0. The zero-order valence-electron chi connectivity index (χ0n) is 38.7. The molecule has 0 aromatic rings. The third-order valence-electron chi connectivity index (χ3n) is 11.2. The molecule has 6 atom stereocenters. The average Bonchev–Trinajstić information content (AvgIpc) is 3.24. The monoisotopic (exact) mass is 901 g/mol. The molecule has 4 N–H and O–H groups in total. The Labute approximate surface area is 376 Å². The molecule has 1 aliphatic rings. The highest BCUT2D eigenvalue weighted by Gasteiger charge is 2.46. The summed E-state index contributed by atoms with van der Waals surface area (Å²) in [7, 11) is -4.60. The lowest BCUT2D eigenvalue weighted by molar-refractivity contribution is -0.297. The molecule has 1 saturated heterocycles. The van der Waals surface area contributed by atoms with Gasteiger partial charge in [0.25, 0.3) is 10.1 Å². The first-order valence-corrected chi connectivity index (χ1v) is 26.2. The van der Waals surface area contributed by atoms with Crippen molar-refractivity contribution in [2.75, 3.05) is 19.0 Å². The van der Waals surface area contributed by atoms with Crippen LogP contribution < -0.4 is 0 Å². The summed E-state index contributed by atoms with van der Waals surface area (Å²) in [5.74, 6) is -1.99. The molecule has 0 aromatic heterocycles. The van der Waals surface area contributed by atoms with Gasteiger partial charge in [-0.05, 0) is 51.4 Å². The number of carbonyl (C=O) groups is 2. The van der Waals surface area contributed by atoms with Crippen molar-refractivity contribution in [2.24, 2.45) is 0 Å². The highest BCUT2D eigenvalue weighted by atomic mass is 32.2. The van der Waals surface area contributed by atoms with Crippen LogP contribution in [0.1, 0.15) is 206 Å². The van der Waals surface area contributed by atoms with Gasteiger partial charge in [0.1, 0.15) is 36.8 Å². The summed E-state index contributed by atoms with van der Waals surface area (Å²) < 4.78 is 54.2. The van der Waals surface area contributed by atoms with Gasteiger partial charge in [-0.15, -0.1) is 0 Å². The summed E-state index contributed by atoms with van der Waals surface area (Å²) in [6.07, 6.45) is 36.0. The first kappa shape index (κ1) is 57.9. The second-order valence-corrected chi connectivity index (χ2v) is 18.6. The van der Waals surface area contributed by atoms with Crippen molar-refractivity contribution < 1.29 is 56.8 Å². The number of esters is 2. The first-order chi connectivity index (χ1) is 30.0. The van der Waals surface area contributed by atoms with E-state index in [0.29, 0.717) is 12.8 Å². The Morgan fingerprint density at radius 3 is 1.47 bits per heavy atom. The topological polar surface area (TPSA) is 186 Å². The molecule has 0 bridgehead atoms. The van der Waals surface area contributed by atoms with Crippen LogP contribution in [-0.4, -0.2) is 96.0 Å². The quantitative estimate of drug-likeness (QED) is 0.0197. The number of hydrogen-bond acceptors (Lipinski definition) is 11. The summed E-state index contributed by atoms with van der Waals surface area (Å²) in [4.78, 5) is 25.5. The molecule has 0 spiro atoms. The van der Waals surface area contributed by atoms with Crippen LogP contribution in [0.3, 0.4) is 0 Å². The second-order valence-electron chi connectivity index (χ2n) is 17.1. The number of allylic oxidation sites excluding steroid dienone is 6. The van der Waals surface area contributed by atoms with Crippen LogP contribution >= 0.6 is 0 Å². The molecule has 0 radical (unpaired) electrons. The normalized spacial score (nSPS) is 20.1. The highest BCUT2D eigenvalue weighted by Crippen LogP contribution is 2.24. The van der Waals surface area contributed by atoms with Crippen LogP contribution in [0.5, 0.6) is 0 Å². The van der Waals surface area contributed by atoms with Crippen molar-refractivity contribution in [1.82, 2.24) is 0 Å². The molecular weight excluding hydrogens is 813 g/mol. The molecule has 13 heteroatoms. The van der Waals surface area contributed by atoms with Gasteiger partial charge in [-0.3, -0.25) is 14.1 Å². The van der Waals surface area contributed by atoms with E-state index in [4.69, 9.17) is 18.9 Å². The predicted octanol–water partition coefficient (Wildman–Crippen LogP) is 10.6. The fourth-order valence-corrected chi connectivity index (χ4v) is 8.08. The van der Waals surface area contributed by atoms with E-state index in [-0.39, 0.29) is 19.4 Å². The van der Waals surface area contributed by atoms with E-state index in [1.165, 1.54) is 96.3 Å². The lowest BCUT2D eigenvalue weighted by atomic mass is 10.00. The van der Waals surface area contributed by atoms with Crippen molar-refractivity contribution in [3.8, 4) is 0 Å². The van der Waals surface area contributed by atoms with Gasteiger partial charge >= 0.3 is 11.9 Å². The van der Waals surface area contributed by atoms with Gasteiger partial charge in [0.05, 0.1) is 6.61 Å². The van der Waals surface area contributed by atoms with E-state index >= 15 is 0 Å². The standard InChI is InChI=1S/C49H88O12S/c1-3-5-7-9-11-13-15-17-19-20-21-22-24-26-28-30-32-34-36-38-45(51)60-42(40-59-49-48(54)47(53)46(52)43(61-49)41-62(55,56)57)39-58-44(50)37-35-33-31-29-27-25-23-18-16-14-12-10-8-6-4-2/h11,13,17,19,21-22,42-43,46-49,52-54H,3-10,12,14-16,18,20,23-41H2,1-2H3,(H,55,56,57)/b13-11-,19-17-,22-21-. The van der Waals surface area contributed by atoms with E-state index in [1.54, 1.807) is 0 Å². The summed E-state index contributed by atoms with van der Waals surface area (Å²) in [5, 5.41) is 30.9. The van der Waals surface area contributed by atoms with Gasteiger partial charge in [-0.25, -0.2) is 0 Å². The third-order valence-corrected chi connectivity index (χ3v) is 12.0. The number of ether oxygens (including phenoxy) is 4. The van der Waals surface area contributed by atoms with Gasteiger partial charge in [-0.1, -0.05) is 179 Å². The van der Waals surface area contributed by atoms with Crippen molar-refractivity contribution in [3.63, 3.8) is 0 Å². The first-order valence-electron chi connectivity index (χ1n) is 24.5. The summed E-state index contributed by atoms with van der Waals surface area (Å²) in [6.45, 7) is 3.74. The van der Waals surface area contributed by atoms with Gasteiger partial charge in [0, 0.05) is 12.8 Å². The number of hydrogen-bond donors (Lipinski definition) is 4. The van der Waals surface area contributed by atoms with Crippen LogP contribution in [0.4, 0.5) is 0 Å². The Bertz CT molecular complexity index is 1290. The fraction of sp³-hybridized carbons (Fsp3) is 0.837. The summed E-state index contributed by atoms with van der Waals surface area (Å²) >= 11 is 0. The molecule has 1 rings (SSSR count). The predicted molar refractivity (Wildman–Crippen MR) is 247 cm³/mol. The lowest BCUT2D eigenvalue weighted by Gasteiger charge is -2.40. The molecule has 6 unspecified atom stereocenters. The van der Waals surface area contributed by atoms with Gasteiger partial charge in [-0.2, -0.15) is 8.42 Å². The molecule has 362 valence electrons. The van der Waals surface area contributed by atoms with Crippen LogP contribution in [0.15, 0.2) is 36.5 Å². The van der Waals surface area contributed by atoms with Gasteiger partial charge in [0.15, 0.2) is 12.4 Å². The molecule has 0 amide bonds. The number of rotatable bonds is 41. The molecular formula is C49H88O12S. The third kappa shape index (κ3) is 33.4. The fourth-order valence-electron chi connectivity index (χ4n) is 7.39. The Balaban J connectivity index is 2.41. The maximum atomic E-state index is 12.8. The molecule has 0 aliphatic carbocycles. The SMILES string of the molecule is CCCCC/C=C\C/C=C\C/C=C\CCCCCCCCC(=O)OC(COC(=O)CCCCCCCCCCCCCCCCC)COC1OC(CS(=O)(=O)O)C(O)C(O)C1O. The van der Waals surface area contributed by atoms with Crippen molar-refractivity contribution in [3.05, 3.63) is 36.5 Å². The van der Waals surface area contributed by atoms with E-state index in [2.05, 4.69) is 50.3 Å². The zero-order valence-corrected chi connectivity index (χ0v) is 39.5. The maximum Gasteiger partial charge on any atom is 0.306 e. The van der Waals surface area contributed by atoms with E-state index in [1.807, 2.05) is 0 Å². The Kier molecular flexibility index (Phi) is 36.6. The van der Waals surface area contributed by atoms with Crippen LogP contribution in [-0.2, 0) is 38.7 Å². The number of aliphatic hydroxyl groups is 3. The molecule has 1 fully saturated rings. The van der Waals surface area contributed by atoms with E-state index in [0.717, 1.165) is 70.6 Å². The van der Waals surface area contributed by atoms with Crippen LogP contribution in [0, 0.1) is 0 Å². The van der Waals surface area contributed by atoms with E-state index < -0.39 is 71.2 Å². The van der Waals surface area contributed by atoms with E-state index in [9.17, 15) is 37.9 Å². The number of aliphatic hydroxyl groups excluding tert-OH is 3. The largest absolute Gasteiger partial charge is 0.462 e. The minimum atomic E-state index is -4.60. The minimum Gasteiger partial charge on any atom is -0.462 e. The van der Waals surface area contributed by atoms with Gasteiger partial charge in [0.2, 0.25) is 0 Å². The second kappa shape index (κ2) is 39.3. The lowest BCUT2D eigenvalue weighted by Crippen LogP contribution is -2.60. The Hall–Kier alpha value is -2.13. The van der Waals surface area contributed by atoms with Crippen molar-refractivity contribution >= 4 is 22.1 Å². The summed E-state index contributed by atoms with van der Waals surface area (Å²) in [6, 6.07) is 0. The zero-order chi connectivity index (χ0) is 45.5. The smallest absolute Gasteiger partial charge is 0.306 e. The minimum absolute atomic E-state index is 0.151. The number of unbranched alkanes of at least 4 members (excludes halogenated alkanes) is 23. The molecule has 0 aromatic carbocycles. The van der Waals surface area contributed by atoms with Crippen molar-refractivity contribution in [2.45, 2.75) is 243 Å². The van der Waals surface area contributed by atoms with Gasteiger partial charge < -0.3 is 34.3 Å². The molecule has 62 heavy (non-hydrogen) atoms. The molecule has 1 aliphatic heterocycles. The molecule has 1 heterocycles. The maximum absolute atomic E-state index is 12.8. The van der Waals surface area contributed by atoms with Crippen LogP contribution in [0.2, 0.25) is 0 Å².